The molecule has 0 fully saturated rings. The second-order valence-corrected chi connectivity index (χ2v) is 8.41. The van der Waals surface area contributed by atoms with Crippen LogP contribution in [0.15, 0.2) is 27.6 Å². The van der Waals surface area contributed by atoms with Gasteiger partial charge in [-0.2, -0.15) is 0 Å². The van der Waals surface area contributed by atoms with Gasteiger partial charge in [-0.05, 0) is 49.6 Å². The van der Waals surface area contributed by atoms with E-state index in [4.69, 9.17) is 0 Å². The van der Waals surface area contributed by atoms with Gasteiger partial charge in [0.25, 0.3) is 0 Å². The normalized spacial score (nSPS) is 28.9. The number of fused-ring (bicyclic) bond motifs is 1. The number of nitrogens with one attached hydrogen (secondary N) is 1. The van der Waals surface area contributed by atoms with Crippen molar-refractivity contribution < 1.29 is 8.42 Å². The fraction of sp³-hybridized carbons (Fsp3) is 0.571. The lowest BCUT2D eigenvalue weighted by Crippen LogP contribution is -2.41. The van der Waals surface area contributed by atoms with Gasteiger partial charge in [-0.25, -0.2) is 8.42 Å². The highest BCUT2D eigenvalue weighted by molar-refractivity contribution is 9.10. The van der Waals surface area contributed by atoms with Crippen molar-refractivity contribution in [2.45, 2.75) is 43.4 Å². The summed E-state index contributed by atoms with van der Waals surface area (Å²) in [6.07, 6.45) is 1.04. The molecule has 0 radical (unpaired) electrons. The van der Waals surface area contributed by atoms with Gasteiger partial charge in [0.15, 0.2) is 9.84 Å². The first-order chi connectivity index (χ1) is 8.89. The predicted octanol–water partition coefficient (Wildman–Crippen LogP) is 3.30. The fourth-order valence-corrected chi connectivity index (χ4v) is 4.93. The Morgan fingerprint density at radius 3 is 2.63 bits per heavy atom. The van der Waals surface area contributed by atoms with E-state index >= 15 is 0 Å². The van der Waals surface area contributed by atoms with Crippen LogP contribution in [-0.2, 0) is 9.84 Å². The van der Waals surface area contributed by atoms with Crippen LogP contribution in [0, 0.1) is 5.92 Å². The summed E-state index contributed by atoms with van der Waals surface area (Å²) in [5.41, 5.74) is 0.897. The second kappa shape index (κ2) is 5.54. The molecule has 0 aliphatic carbocycles. The minimum Gasteiger partial charge on any atom is -0.310 e. The molecule has 1 aliphatic rings. The number of sulfone groups is 1. The van der Waals surface area contributed by atoms with Gasteiger partial charge in [0.05, 0.1) is 10.1 Å². The number of hydrogen-bond donors (Lipinski definition) is 1. The van der Waals surface area contributed by atoms with Crippen LogP contribution in [0.1, 0.15) is 38.8 Å². The molecule has 1 aromatic rings. The van der Waals surface area contributed by atoms with Gasteiger partial charge in [0, 0.05) is 10.5 Å². The Morgan fingerprint density at radius 1 is 1.32 bits per heavy atom. The van der Waals surface area contributed by atoms with Crippen LogP contribution in [0.3, 0.4) is 0 Å². The quantitative estimate of drug-likeness (QED) is 0.913. The molecule has 19 heavy (non-hydrogen) atoms. The smallest absolute Gasteiger partial charge is 0.181 e. The SMILES string of the molecule is CCCNC1c2cc(Br)ccc2S(=O)(=O)C(C)C1C. The Balaban J connectivity index is 2.56. The molecule has 106 valence electrons. The van der Waals surface area contributed by atoms with E-state index in [9.17, 15) is 8.42 Å². The average molecular weight is 346 g/mol. The highest BCUT2D eigenvalue weighted by atomic mass is 79.9. The number of halogens is 1. The Hall–Kier alpha value is -0.390. The molecule has 1 heterocycles. The first kappa shape index (κ1) is 15.0. The standard InChI is InChI=1S/C14H20BrNO2S/c1-4-7-16-14-9(2)10(3)19(17,18)13-6-5-11(15)8-12(13)14/h5-6,8-10,14,16H,4,7H2,1-3H3. The summed E-state index contributed by atoms with van der Waals surface area (Å²) in [7, 11) is -3.21. The zero-order chi connectivity index (χ0) is 14.2. The van der Waals surface area contributed by atoms with Crippen molar-refractivity contribution in [2.75, 3.05) is 6.54 Å². The lowest BCUT2D eigenvalue weighted by molar-refractivity contribution is 0.358. The van der Waals surface area contributed by atoms with Crippen molar-refractivity contribution in [2.24, 2.45) is 5.92 Å². The fourth-order valence-electron chi connectivity index (χ4n) is 2.65. The Kier molecular flexibility index (Phi) is 4.38. The minimum atomic E-state index is -3.21. The summed E-state index contributed by atoms with van der Waals surface area (Å²) in [6.45, 7) is 6.83. The molecule has 1 N–H and O–H groups in total. The molecule has 2 rings (SSSR count). The molecule has 3 nitrogen and oxygen atoms in total. The van der Waals surface area contributed by atoms with Crippen molar-refractivity contribution >= 4 is 25.8 Å². The van der Waals surface area contributed by atoms with Gasteiger partial charge in [-0.3, -0.25) is 0 Å². The van der Waals surface area contributed by atoms with E-state index in [0.29, 0.717) is 4.90 Å². The summed E-state index contributed by atoms with van der Waals surface area (Å²) in [6, 6.07) is 5.56. The number of hydrogen-bond acceptors (Lipinski definition) is 3. The van der Waals surface area contributed by atoms with E-state index in [2.05, 4.69) is 28.2 Å². The Bertz CT molecular complexity index is 571. The van der Waals surface area contributed by atoms with Crippen LogP contribution in [0.25, 0.3) is 0 Å². The zero-order valence-corrected chi connectivity index (χ0v) is 13.9. The van der Waals surface area contributed by atoms with Crippen LogP contribution in [0.4, 0.5) is 0 Å². The van der Waals surface area contributed by atoms with Crippen molar-refractivity contribution in [3.8, 4) is 0 Å². The molecule has 1 aromatic carbocycles. The summed E-state index contributed by atoms with van der Waals surface area (Å²) < 4.78 is 25.9. The topological polar surface area (TPSA) is 46.2 Å². The third-order valence-corrected chi connectivity index (χ3v) is 6.87. The molecule has 0 aromatic heterocycles. The summed E-state index contributed by atoms with van der Waals surface area (Å²) in [4.78, 5) is 0.481. The van der Waals surface area contributed by atoms with Crippen molar-refractivity contribution in [3.63, 3.8) is 0 Å². The van der Waals surface area contributed by atoms with Gasteiger partial charge < -0.3 is 5.32 Å². The average Bonchev–Trinajstić information content (AvgIpc) is 2.36. The highest BCUT2D eigenvalue weighted by Crippen LogP contribution is 2.41. The molecular weight excluding hydrogens is 326 g/mol. The predicted molar refractivity (Wildman–Crippen MR) is 81.0 cm³/mol. The zero-order valence-electron chi connectivity index (χ0n) is 11.5. The van der Waals surface area contributed by atoms with E-state index in [0.717, 1.165) is 23.0 Å². The lowest BCUT2D eigenvalue weighted by Gasteiger charge is -2.36. The molecular formula is C14H20BrNO2S. The maximum atomic E-state index is 12.5. The highest BCUT2D eigenvalue weighted by Gasteiger charge is 2.41. The molecule has 0 amide bonds. The summed E-state index contributed by atoms with van der Waals surface area (Å²) in [5, 5.41) is 3.14. The van der Waals surface area contributed by atoms with Crippen LogP contribution < -0.4 is 5.32 Å². The second-order valence-electron chi connectivity index (χ2n) is 5.22. The summed E-state index contributed by atoms with van der Waals surface area (Å²) >= 11 is 3.44. The van der Waals surface area contributed by atoms with E-state index < -0.39 is 9.84 Å². The molecule has 5 heteroatoms. The molecule has 3 unspecified atom stereocenters. The van der Waals surface area contributed by atoms with Crippen LogP contribution in [0.2, 0.25) is 0 Å². The first-order valence-electron chi connectivity index (χ1n) is 6.66. The molecule has 0 saturated carbocycles. The maximum absolute atomic E-state index is 12.5. The molecule has 3 atom stereocenters. The van der Waals surface area contributed by atoms with Crippen molar-refractivity contribution in [3.05, 3.63) is 28.2 Å². The minimum absolute atomic E-state index is 0.0679. The third kappa shape index (κ3) is 2.60. The first-order valence-corrected chi connectivity index (χ1v) is 9.00. The Morgan fingerprint density at radius 2 is 2.00 bits per heavy atom. The van der Waals surface area contributed by atoms with Crippen molar-refractivity contribution in [1.82, 2.24) is 5.32 Å². The van der Waals surface area contributed by atoms with Crippen LogP contribution in [0.5, 0.6) is 0 Å². The van der Waals surface area contributed by atoms with E-state index in [1.165, 1.54) is 0 Å². The molecule has 0 spiro atoms. The Labute approximate surface area is 123 Å². The number of benzene rings is 1. The largest absolute Gasteiger partial charge is 0.310 e. The lowest BCUT2D eigenvalue weighted by atomic mass is 9.91. The van der Waals surface area contributed by atoms with E-state index in [-0.39, 0.29) is 17.2 Å². The van der Waals surface area contributed by atoms with E-state index in [1.807, 2.05) is 19.9 Å². The van der Waals surface area contributed by atoms with Crippen LogP contribution >= 0.6 is 15.9 Å². The van der Waals surface area contributed by atoms with E-state index in [1.54, 1.807) is 12.1 Å². The molecule has 0 bridgehead atoms. The third-order valence-electron chi connectivity index (χ3n) is 3.98. The monoisotopic (exact) mass is 345 g/mol. The van der Waals surface area contributed by atoms with Gasteiger partial charge in [-0.15, -0.1) is 0 Å². The number of rotatable bonds is 3. The van der Waals surface area contributed by atoms with Crippen LogP contribution in [-0.4, -0.2) is 20.2 Å². The maximum Gasteiger partial charge on any atom is 0.181 e. The van der Waals surface area contributed by atoms with Gasteiger partial charge in [0.2, 0.25) is 0 Å². The van der Waals surface area contributed by atoms with Gasteiger partial charge >= 0.3 is 0 Å². The van der Waals surface area contributed by atoms with Gasteiger partial charge in [0.1, 0.15) is 0 Å². The van der Waals surface area contributed by atoms with Crippen molar-refractivity contribution in [1.29, 1.82) is 0 Å². The molecule has 0 saturated heterocycles. The molecule has 1 aliphatic heterocycles. The summed E-state index contributed by atoms with van der Waals surface area (Å²) in [5.74, 6) is 0.0679. The van der Waals surface area contributed by atoms with Gasteiger partial charge in [-0.1, -0.05) is 29.8 Å².